The van der Waals surface area contributed by atoms with E-state index in [-0.39, 0.29) is 10.6 Å². The van der Waals surface area contributed by atoms with Gasteiger partial charge in [-0.15, -0.1) is 0 Å². The summed E-state index contributed by atoms with van der Waals surface area (Å²) in [7, 11) is -3.94. The lowest BCUT2D eigenvalue weighted by molar-refractivity contribution is 0.598. The van der Waals surface area contributed by atoms with Crippen LogP contribution in [0.25, 0.3) is 22.3 Å². The molecule has 0 aliphatic heterocycles. The molecule has 0 radical (unpaired) electrons. The number of aryl methyl sites for hydroxylation is 1. The number of fused-ring (bicyclic) bond motifs is 1. The number of sulfonamides is 1. The number of aromatic amines is 1. The molecular weight excluding hydrogens is 403 g/mol. The van der Waals surface area contributed by atoms with Crippen LogP contribution in [-0.4, -0.2) is 23.4 Å². The van der Waals surface area contributed by atoms with Gasteiger partial charge in [0.25, 0.3) is 10.0 Å². The Morgan fingerprint density at radius 3 is 2.54 bits per heavy atom. The number of hydrogen-bond donors (Lipinski definition) is 2. The number of aromatic nitrogens is 3. The summed E-state index contributed by atoms with van der Waals surface area (Å²) in [5.74, 6) is -0.714. The lowest BCUT2D eigenvalue weighted by Crippen LogP contribution is -2.13. The fourth-order valence-electron chi connectivity index (χ4n) is 2.86. The van der Waals surface area contributed by atoms with E-state index in [0.717, 1.165) is 11.1 Å². The van der Waals surface area contributed by atoms with Crippen LogP contribution < -0.4 is 4.72 Å². The van der Waals surface area contributed by atoms with Crippen molar-refractivity contribution in [2.45, 2.75) is 11.8 Å². The fraction of sp³-hybridized carbons (Fsp3) is 0.0526. The zero-order valence-corrected chi connectivity index (χ0v) is 16.1. The Hall–Kier alpha value is -2.97. The molecule has 0 aliphatic carbocycles. The van der Waals surface area contributed by atoms with E-state index in [1.54, 1.807) is 6.07 Å². The molecule has 0 aliphatic rings. The highest BCUT2D eigenvalue weighted by atomic mass is 35.5. The molecule has 4 aromatic rings. The summed E-state index contributed by atoms with van der Waals surface area (Å²) in [4.78, 5) is 11.5. The van der Waals surface area contributed by atoms with Gasteiger partial charge in [0.05, 0.1) is 16.3 Å². The second kappa shape index (κ2) is 6.88. The Balaban J connectivity index is 1.69. The van der Waals surface area contributed by atoms with Gasteiger partial charge >= 0.3 is 0 Å². The summed E-state index contributed by atoms with van der Waals surface area (Å²) in [6, 6.07) is 11.7. The molecular formula is C19H14ClFN4O2S. The molecule has 0 amide bonds. The van der Waals surface area contributed by atoms with E-state index in [9.17, 15) is 12.8 Å². The molecule has 2 aromatic carbocycles. The minimum atomic E-state index is -3.94. The van der Waals surface area contributed by atoms with Gasteiger partial charge in [-0.3, -0.25) is 4.72 Å². The Bertz CT molecular complexity index is 1290. The largest absolute Gasteiger partial charge is 0.343 e. The van der Waals surface area contributed by atoms with Gasteiger partial charge in [-0.1, -0.05) is 17.7 Å². The van der Waals surface area contributed by atoms with E-state index < -0.39 is 15.8 Å². The van der Waals surface area contributed by atoms with Gasteiger partial charge in [0.1, 0.15) is 17.8 Å². The van der Waals surface area contributed by atoms with Crippen LogP contribution in [0.5, 0.6) is 0 Å². The quantitative estimate of drug-likeness (QED) is 0.511. The number of halogens is 2. The Kier molecular flexibility index (Phi) is 4.52. The predicted molar refractivity (Wildman–Crippen MR) is 106 cm³/mol. The number of H-pyrrole nitrogens is 1. The van der Waals surface area contributed by atoms with Crippen molar-refractivity contribution < 1.29 is 12.8 Å². The third-order valence-electron chi connectivity index (χ3n) is 4.17. The first kappa shape index (κ1) is 18.4. The first-order valence-corrected chi connectivity index (χ1v) is 10.1. The molecule has 142 valence electrons. The van der Waals surface area contributed by atoms with E-state index in [4.69, 9.17) is 11.6 Å². The average Bonchev–Trinajstić information content (AvgIpc) is 3.04. The van der Waals surface area contributed by atoms with Crippen molar-refractivity contribution >= 4 is 38.3 Å². The zero-order valence-electron chi connectivity index (χ0n) is 14.6. The second-order valence-electron chi connectivity index (χ2n) is 6.19. The number of rotatable bonds is 4. The van der Waals surface area contributed by atoms with Crippen LogP contribution in [0.1, 0.15) is 5.69 Å². The predicted octanol–water partition coefficient (Wildman–Crippen LogP) is 4.53. The van der Waals surface area contributed by atoms with Crippen molar-refractivity contribution in [1.29, 1.82) is 0 Å². The lowest BCUT2D eigenvalue weighted by Gasteiger charge is -2.10. The van der Waals surface area contributed by atoms with Gasteiger partial charge in [-0.25, -0.2) is 22.8 Å². The minimum Gasteiger partial charge on any atom is -0.343 e. The molecule has 0 atom stereocenters. The number of benzene rings is 2. The van der Waals surface area contributed by atoms with E-state index in [1.165, 1.54) is 42.7 Å². The summed E-state index contributed by atoms with van der Waals surface area (Å²) in [6.07, 6.45) is 1.39. The lowest BCUT2D eigenvalue weighted by atomic mass is 10.1. The second-order valence-corrected chi connectivity index (χ2v) is 8.31. The fourth-order valence-corrected chi connectivity index (χ4v) is 4.06. The molecule has 2 heterocycles. The average molecular weight is 417 g/mol. The van der Waals surface area contributed by atoms with Crippen molar-refractivity contribution in [2.24, 2.45) is 0 Å². The maximum absolute atomic E-state index is 14.7. The highest BCUT2D eigenvalue weighted by Crippen LogP contribution is 2.29. The van der Waals surface area contributed by atoms with Crippen molar-refractivity contribution in [2.75, 3.05) is 4.72 Å². The first-order chi connectivity index (χ1) is 13.3. The molecule has 0 bridgehead atoms. The molecule has 4 rings (SSSR count). The van der Waals surface area contributed by atoms with Crippen LogP contribution >= 0.6 is 11.6 Å². The Labute approximate surface area is 165 Å². The van der Waals surface area contributed by atoms with Gasteiger partial charge in [0, 0.05) is 21.7 Å². The van der Waals surface area contributed by atoms with Crippen molar-refractivity contribution in [3.8, 4) is 11.3 Å². The van der Waals surface area contributed by atoms with Gasteiger partial charge in [0.2, 0.25) is 0 Å². The van der Waals surface area contributed by atoms with Crippen LogP contribution in [0.15, 0.2) is 59.8 Å². The van der Waals surface area contributed by atoms with E-state index in [0.29, 0.717) is 21.9 Å². The van der Waals surface area contributed by atoms with E-state index >= 15 is 0 Å². The van der Waals surface area contributed by atoms with Gasteiger partial charge in [-0.05, 0) is 49.4 Å². The van der Waals surface area contributed by atoms with Crippen LogP contribution in [0.4, 0.5) is 10.1 Å². The van der Waals surface area contributed by atoms with E-state index in [1.807, 2.05) is 13.0 Å². The standard InChI is InChI=1S/C19H14ClFN4O2S/c1-11-8-15-18(22-10-23-19(15)24-11)12-2-7-17(16(21)9-12)25-28(26,27)14-5-3-13(20)4-6-14/h2-10,25H,1H3,(H,22,23,24). The maximum Gasteiger partial charge on any atom is 0.261 e. The summed E-state index contributed by atoms with van der Waals surface area (Å²) in [5.41, 5.74) is 2.47. The molecule has 28 heavy (non-hydrogen) atoms. The molecule has 2 aromatic heterocycles. The highest BCUT2D eigenvalue weighted by molar-refractivity contribution is 7.92. The van der Waals surface area contributed by atoms with Crippen molar-refractivity contribution in [3.05, 3.63) is 71.4 Å². The van der Waals surface area contributed by atoms with Gasteiger partial charge in [-0.2, -0.15) is 0 Å². The molecule has 0 fully saturated rings. The third kappa shape index (κ3) is 3.44. The number of hydrogen-bond acceptors (Lipinski definition) is 4. The summed E-state index contributed by atoms with van der Waals surface area (Å²) in [6.45, 7) is 1.89. The molecule has 0 saturated heterocycles. The maximum atomic E-state index is 14.7. The van der Waals surface area contributed by atoms with Crippen molar-refractivity contribution in [1.82, 2.24) is 15.0 Å². The summed E-state index contributed by atoms with van der Waals surface area (Å²) < 4.78 is 41.8. The molecule has 6 nitrogen and oxygen atoms in total. The highest BCUT2D eigenvalue weighted by Gasteiger charge is 2.17. The van der Waals surface area contributed by atoms with E-state index in [2.05, 4.69) is 19.7 Å². The molecule has 9 heteroatoms. The molecule has 0 saturated carbocycles. The van der Waals surface area contributed by atoms with Crippen LogP contribution in [0.3, 0.4) is 0 Å². The van der Waals surface area contributed by atoms with Crippen LogP contribution in [0, 0.1) is 12.7 Å². The SMILES string of the molecule is Cc1cc2c(-c3ccc(NS(=O)(=O)c4ccc(Cl)cc4)c(F)c3)ncnc2[nH]1. The van der Waals surface area contributed by atoms with Gasteiger partial charge < -0.3 is 4.98 Å². The zero-order chi connectivity index (χ0) is 19.9. The summed E-state index contributed by atoms with van der Waals surface area (Å²) >= 11 is 5.78. The topological polar surface area (TPSA) is 87.7 Å². The van der Waals surface area contributed by atoms with Crippen LogP contribution in [-0.2, 0) is 10.0 Å². The molecule has 2 N–H and O–H groups in total. The number of anilines is 1. The summed E-state index contributed by atoms with van der Waals surface area (Å²) in [5, 5.41) is 1.17. The molecule has 0 spiro atoms. The van der Waals surface area contributed by atoms with Gasteiger partial charge in [0.15, 0.2) is 0 Å². The number of nitrogens with zero attached hydrogens (tertiary/aromatic N) is 2. The number of nitrogens with one attached hydrogen (secondary N) is 2. The Morgan fingerprint density at radius 2 is 1.82 bits per heavy atom. The first-order valence-electron chi connectivity index (χ1n) is 8.22. The molecule has 0 unspecified atom stereocenters. The smallest absolute Gasteiger partial charge is 0.261 e. The van der Waals surface area contributed by atoms with Crippen molar-refractivity contribution in [3.63, 3.8) is 0 Å². The Morgan fingerprint density at radius 1 is 1.07 bits per heavy atom. The third-order valence-corrected chi connectivity index (χ3v) is 5.80. The normalized spacial score (nSPS) is 11.7. The van der Waals surface area contributed by atoms with Crippen LogP contribution in [0.2, 0.25) is 5.02 Å². The minimum absolute atomic E-state index is 0.0133. The monoisotopic (exact) mass is 416 g/mol.